The molecule has 0 amide bonds. The fourth-order valence-corrected chi connectivity index (χ4v) is 0.804. The minimum Gasteiger partial charge on any atom is -0.380 e. The van der Waals surface area contributed by atoms with Crippen LogP contribution in [0, 0.1) is 0 Å². The lowest BCUT2D eigenvalue weighted by Crippen LogP contribution is -2.17. The Balaban J connectivity index is 2.50. The zero-order chi connectivity index (χ0) is 9.97. The average Bonchev–Trinajstić information content (AvgIpc) is 2.85. The van der Waals surface area contributed by atoms with Crippen LogP contribution >= 0.6 is 0 Å². The van der Waals surface area contributed by atoms with Crippen LogP contribution in [-0.2, 0) is 0 Å². The standard InChI is InChI=1S/C4H4N9O/c5-3(7-6)1-2(11-14-10-1)4-8-12-13-9-4/h6H2,(H2-,5,7,8,9,12,13)/q-1. The smallest absolute Gasteiger partial charge is 0.180 e. The highest BCUT2D eigenvalue weighted by Gasteiger charge is 2.14. The van der Waals surface area contributed by atoms with E-state index in [9.17, 15) is 0 Å². The molecule has 0 aromatic carbocycles. The predicted molar refractivity (Wildman–Crippen MR) is 41.4 cm³/mol. The molecule has 0 aliphatic rings. The lowest BCUT2D eigenvalue weighted by molar-refractivity contribution is 0.307. The predicted octanol–water partition coefficient (Wildman–Crippen LogP) is -2.54. The molecule has 0 aliphatic carbocycles. The van der Waals surface area contributed by atoms with Crippen molar-refractivity contribution in [3.05, 3.63) is 5.69 Å². The fraction of sp³-hybridized carbons (Fsp3) is 0. The summed E-state index contributed by atoms with van der Waals surface area (Å²) in [5.41, 5.74) is 5.76. The van der Waals surface area contributed by atoms with Gasteiger partial charge in [-0.3, -0.25) is 10.3 Å². The van der Waals surface area contributed by atoms with Gasteiger partial charge in [-0.2, -0.15) is 10.3 Å². The van der Waals surface area contributed by atoms with Crippen molar-refractivity contribution >= 4 is 5.84 Å². The Bertz CT molecular complexity index is 441. The Kier molecular flexibility index (Phi) is 1.78. The SMILES string of the molecule is N/N=C(/N)c1nonc1-c1nnn[n-]1. The molecule has 0 fully saturated rings. The van der Waals surface area contributed by atoms with Crippen LogP contribution in [-0.4, -0.2) is 31.7 Å². The Hall–Kier alpha value is -2.52. The van der Waals surface area contributed by atoms with Crippen LogP contribution in [0.25, 0.3) is 11.5 Å². The second kappa shape index (κ2) is 3.08. The number of hydrazone groups is 1. The quantitative estimate of drug-likeness (QED) is 0.227. The molecule has 2 aromatic rings. The second-order valence-electron chi connectivity index (χ2n) is 2.18. The van der Waals surface area contributed by atoms with Gasteiger partial charge in [0.15, 0.2) is 17.2 Å². The summed E-state index contributed by atoms with van der Waals surface area (Å²) in [7, 11) is 0. The third-order valence-corrected chi connectivity index (χ3v) is 1.40. The normalized spacial score (nSPS) is 11.9. The maximum atomic E-state index is 5.41. The molecule has 0 saturated heterocycles. The molecule has 72 valence electrons. The average molecular weight is 194 g/mol. The summed E-state index contributed by atoms with van der Waals surface area (Å²) in [5.74, 6) is 5.08. The van der Waals surface area contributed by atoms with E-state index in [1.165, 1.54) is 0 Å². The summed E-state index contributed by atoms with van der Waals surface area (Å²) in [6, 6.07) is 0. The van der Waals surface area contributed by atoms with Crippen LogP contribution in [0.5, 0.6) is 0 Å². The van der Waals surface area contributed by atoms with E-state index in [-0.39, 0.29) is 23.0 Å². The number of hydrogen-bond donors (Lipinski definition) is 2. The van der Waals surface area contributed by atoms with Crippen molar-refractivity contribution in [3.8, 4) is 11.5 Å². The highest BCUT2D eigenvalue weighted by atomic mass is 16.6. The first-order valence-electron chi connectivity index (χ1n) is 3.38. The summed E-state index contributed by atoms with van der Waals surface area (Å²) in [4.78, 5) is 0. The minimum atomic E-state index is -0.0361. The van der Waals surface area contributed by atoms with E-state index in [0.29, 0.717) is 0 Å². The molecular weight excluding hydrogens is 190 g/mol. The first-order chi connectivity index (χ1) is 6.83. The highest BCUT2D eigenvalue weighted by Crippen LogP contribution is 2.12. The van der Waals surface area contributed by atoms with Crippen molar-refractivity contribution in [3.63, 3.8) is 0 Å². The van der Waals surface area contributed by atoms with Crippen molar-refractivity contribution in [2.75, 3.05) is 0 Å². The topological polar surface area (TPSA) is 156 Å². The van der Waals surface area contributed by atoms with Crippen LogP contribution in [0.1, 0.15) is 5.69 Å². The van der Waals surface area contributed by atoms with Crippen LogP contribution in [0.15, 0.2) is 9.73 Å². The van der Waals surface area contributed by atoms with Gasteiger partial charge in [0.05, 0.1) is 5.82 Å². The number of tetrazole rings is 1. The first-order valence-corrected chi connectivity index (χ1v) is 3.38. The van der Waals surface area contributed by atoms with Crippen molar-refractivity contribution in [1.29, 1.82) is 0 Å². The zero-order valence-electron chi connectivity index (χ0n) is 6.69. The number of hydrogen-bond acceptors (Lipinski definition) is 8. The molecule has 14 heavy (non-hydrogen) atoms. The molecule has 0 saturated carbocycles. The van der Waals surface area contributed by atoms with Crippen molar-refractivity contribution in [1.82, 2.24) is 30.9 Å². The third kappa shape index (κ3) is 1.14. The van der Waals surface area contributed by atoms with Crippen LogP contribution in [0.2, 0.25) is 0 Å². The summed E-state index contributed by atoms with van der Waals surface area (Å²) in [6.45, 7) is 0. The van der Waals surface area contributed by atoms with Gasteiger partial charge in [-0.15, -0.1) is 0 Å². The lowest BCUT2D eigenvalue weighted by atomic mass is 10.3. The van der Waals surface area contributed by atoms with Gasteiger partial charge in [-0.1, -0.05) is 0 Å². The van der Waals surface area contributed by atoms with E-state index < -0.39 is 0 Å². The Morgan fingerprint density at radius 3 is 2.93 bits per heavy atom. The fourth-order valence-electron chi connectivity index (χ4n) is 0.804. The third-order valence-electron chi connectivity index (χ3n) is 1.40. The van der Waals surface area contributed by atoms with Gasteiger partial charge in [0, 0.05) is 0 Å². The van der Waals surface area contributed by atoms with Gasteiger partial charge in [0.1, 0.15) is 0 Å². The van der Waals surface area contributed by atoms with Gasteiger partial charge in [0.25, 0.3) is 0 Å². The molecular formula is C4H4N9O-. The van der Waals surface area contributed by atoms with E-state index in [1.54, 1.807) is 0 Å². The van der Waals surface area contributed by atoms with Crippen molar-refractivity contribution in [2.45, 2.75) is 0 Å². The van der Waals surface area contributed by atoms with Crippen LogP contribution in [0.4, 0.5) is 0 Å². The number of nitrogens with zero attached hydrogens (tertiary/aromatic N) is 7. The van der Waals surface area contributed by atoms with E-state index in [0.717, 1.165) is 0 Å². The van der Waals surface area contributed by atoms with Crippen LogP contribution in [0.3, 0.4) is 0 Å². The monoisotopic (exact) mass is 194 g/mol. The van der Waals surface area contributed by atoms with E-state index in [4.69, 9.17) is 11.6 Å². The molecule has 0 atom stereocenters. The summed E-state index contributed by atoms with van der Waals surface area (Å²) < 4.78 is 4.44. The summed E-state index contributed by atoms with van der Waals surface area (Å²) in [5, 5.41) is 23.9. The summed E-state index contributed by atoms with van der Waals surface area (Å²) in [6.07, 6.45) is 0. The zero-order valence-corrected chi connectivity index (χ0v) is 6.69. The highest BCUT2D eigenvalue weighted by molar-refractivity contribution is 5.99. The molecule has 0 radical (unpaired) electrons. The number of amidine groups is 1. The molecule has 2 rings (SSSR count). The molecule has 0 spiro atoms. The molecule has 0 aliphatic heterocycles. The van der Waals surface area contributed by atoms with Gasteiger partial charge >= 0.3 is 0 Å². The minimum absolute atomic E-state index is 0.0361. The molecule has 4 N–H and O–H groups in total. The van der Waals surface area contributed by atoms with E-state index >= 15 is 0 Å². The van der Waals surface area contributed by atoms with Gasteiger partial charge in [-0.25, -0.2) is 4.63 Å². The number of aromatic nitrogens is 6. The van der Waals surface area contributed by atoms with Crippen molar-refractivity contribution in [2.24, 2.45) is 16.7 Å². The second-order valence-corrected chi connectivity index (χ2v) is 2.18. The van der Waals surface area contributed by atoms with Gasteiger partial charge < -0.3 is 16.7 Å². The van der Waals surface area contributed by atoms with E-state index in [1.807, 2.05) is 0 Å². The number of rotatable bonds is 2. The molecule has 10 nitrogen and oxygen atoms in total. The molecule has 0 unspecified atom stereocenters. The maximum absolute atomic E-state index is 5.41. The lowest BCUT2D eigenvalue weighted by Gasteiger charge is -1.95. The van der Waals surface area contributed by atoms with E-state index in [2.05, 4.69) is 40.7 Å². The van der Waals surface area contributed by atoms with Crippen LogP contribution < -0.4 is 16.7 Å². The van der Waals surface area contributed by atoms with Gasteiger partial charge in [0.2, 0.25) is 0 Å². The first kappa shape index (κ1) is 8.10. The molecule has 10 heteroatoms. The summed E-state index contributed by atoms with van der Waals surface area (Å²) >= 11 is 0. The molecule has 0 bridgehead atoms. The van der Waals surface area contributed by atoms with Gasteiger partial charge in [-0.05, 0) is 10.3 Å². The van der Waals surface area contributed by atoms with Crippen molar-refractivity contribution < 1.29 is 4.63 Å². The maximum Gasteiger partial charge on any atom is 0.180 e. The molecule has 2 heterocycles. The Morgan fingerprint density at radius 1 is 1.43 bits per heavy atom. The molecule has 2 aromatic heterocycles. The largest absolute Gasteiger partial charge is 0.380 e. The Morgan fingerprint density at radius 2 is 2.29 bits per heavy atom. The Labute approximate surface area is 76.3 Å². The number of nitrogens with two attached hydrogens (primary N) is 2.